The SMILES string of the molecule is COCCc1cccc2cc(O)cc(-c3c(F)cc4c(N5CC6CCC(C5)N6)nc(OC[C@]56CCCN(C[C@H](F)C5)S6)nc4c3F)c12. The van der Waals surface area contributed by atoms with E-state index in [1.807, 2.05) is 18.2 Å². The van der Waals surface area contributed by atoms with Crippen molar-refractivity contribution in [3.8, 4) is 22.9 Å². The summed E-state index contributed by atoms with van der Waals surface area (Å²) in [6.07, 6.45) is 3.74. The van der Waals surface area contributed by atoms with E-state index in [1.54, 1.807) is 25.1 Å². The number of hydrogen-bond acceptors (Lipinski definition) is 9. The highest BCUT2D eigenvalue weighted by atomic mass is 32.2. The smallest absolute Gasteiger partial charge is 0.319 e. The number of anilines is 1. The van der Waals surface area contributed by atoms with E-state index in [1.165, 1.54) is 12.1 Å². The van der Waals surface area contributed by atoms with Gasteiger partial charge in [0, 0.05) is 50.8 Å². The highest BCUT2D eigenvalue weighted by Gasteiger charge is 2.44. The summed E-state index contributed by atoms with van der Waals surface area (Å²) < 4.78 is 61.3. The lowest BCUT2D eigenvalue weighted by Gasteiger charge is -2.46. The molecular weight excluding hydrogens is 627 g/mol. The Morgan fingerprint density at radius 1 is 1.11 bits per heavy atom. The molecule has 8 nitrogen and oxygen atoms in total. The molecule has 4 aliphatic rings. The zero-order valence-corrected chi connectivity index (χ0v) is 27.1. The minimum Gasteiger partial charge on any atom is -0.508 e. The Bertz CT molecular complexity index is 1830. The molecule has 47 heavy (non-hydrogen) atoms. The predicted octanol–water partition coefficient (Wildman–Crippen LogP) is 6.17. The minimum absolute atomic E-state index is 0.00975. The maximum absolute atomic E-state index is 17.0. The van der Waals surface area contributed by atoms with Crippen molar-refractivity contribution < 1.29 is 27.8 Å². The number of ether oxygens (including phenoxy) is 2. The van der Waals surface area contributed by atoms with Gasteiger partial charge in [-0.25, -0.2) is 17.5 Å². The molecule has 3 unspecified atom stereocenters. The normalized spacial score (nSPS) is 27.1. The summed E-state index contributed by atoms with van der Waals surface area (Å²) in [6, 6.07) is 10.4. The summed E-state index contributed by atoms with van der Waals surface area (Å²) in [5.41, 5.74) is 0.753. The van der Waals surface area contributed by atoms with E-state index in [0.29, 0.717) is 55.7 Å². The summed E-state index contributed by atoms with van der Waals surface area (Å²) in [4.78, 5) is 11.4. The summed E-state index contributed by atoms with van der Waals surface area (Å²) >= 11 is 1.64. The largest absolute Gasteiger partial charge is 0.508 e. The number of halogens is 3. The summed E-state index contributed by atoms with van der Waals surface area (Å²) in [5.74, 6) is -1.29. The number of rotatable bonds is 8. The number of phenols is 1. The van der Waals surface area contributed by atoms with Gasteiger partial charge in [-0.15, -0.1) is 0 Å². The van der Waals surface area contributed by atoms with E-state index in [9.17, 15) is 9.50 Å². The molecule has 4 aliphatic heterocycles. The highest BCUT2D eigenvalue weighted by Crippen LogP contribution is 2.46. The number of hydrogen-bond donors (Lipinski definition) is 2. The van der Waals surface area contributed by atoms with E-state index < -0.39 is 22.6 Å². The first-order valence-corrected chi connectivity index (χ1v) is 17.2. The van der Waals surface area contributed by atoms with Gasteiger partial charge >= 0.3 is 6.01 Å². The van der Waals surface area contributed by atoms with Gasteiger partial charge in [-0.3, -0.25) is 0 Å². The van der Waals surface area contributed by atoms with Crippen molar-refractivity contribution in [3.05, 3.63) is 53.6 Å². The molecule has 248 valence electrons. The first-order chi connectivity index (χ1) is 22.8. The monoisotopic (exact) mass is 665 g/mol. The van der Waals surface area contributed by atoms with Crippen molar-refractivity contribution in [1.29, 1.82) is 0 Å². The Morgan fingerprint density at radius 2 is 1.94 bits per heavy atom. The van der Waals surface area contributed by atoms with E-state index in [4.69, 9.17) is 14.5 Å². The molecule has 0 aliphatic carbocycles. The van der Waals surface area contributed by atoms with Crippen LogP contribution in [0.2, 0.25) is 0 Å². The van der Waals surface area contributed by atoms with Crippen LogP contribution in [0.1, 0.15) is 37.7 Å². The maximum atomic E-state index is 17.0. The van der Waals surface area contributed by atoms with Crippen LogP contribution in [-0.4, -0.2) is 88.9 Å². The summed E-state index contributed by atoms with van der Waals surface area (Å²) in [6.45, 7) is 3.14. The third-order valence-corrected chi connectivity index (χ3v) is 11.5. The zero-order valence-electron chi connectivity index (χ0n) is 26.3. The molecule has 0 spiro atoms. The third kappa shape index (κ3) is 5.77. The lowest BCUT2D eigenvalue weighted by atomic mass is 9.92. The second-order valence-electron chi connectivity index (χ2n) is 13.4. The number of benzene rings is 3. The van der Waals surface area contributed by atoms with Gasteiger partial charge in [-0.05, 0) is 78.6 Å². The number of alkyl halides is 1. The van der Waals surface area contributed by atoms with Crippen molar-refractivity contribution in [2.45, 2.75) is 61.5 Å². The minimum atomic E-state index is -0.946. The average molecular weight is 666 g/mol. The molecule has 12 heteroatoms. The number of piperazine rings is 1. The van der Waals surface area contributed by atoms with Crippen molar-refractivity contribution in [3.63, 3.8) is 0 Å². The standard InChI is InChI=1S/C35H38F3N5O3S/c1-45-11-8-20-4-2-5-21-12-25(44)13-26(29(20)21)30-28(37)14-27-32(31(30)38)40-34(41-33(27)42-17-23-6-7-24(18-42)39-23)46-19-35-9-3-10-43(47-35)16-22(36)15-35/h2,4-5,12-14,22-24,39,44H,3,6-11,15-19H2,1H3/t22-,23?,24?,35+/m1/s1. The summed E-state index contributed by atoms with van der Waals surface area (Å²) in [7, 11) is 1.61. The number of nitrogens with zero attached hydrogens (tertiary/aromatic N) is 4. The molecule has 2 N–H and O–H groups in total. The summed E-state index contributed by atoms with van der Waals surface area (Å²) in [5, 5.41) is 15.8. The molecule has 4 saturated heterocycles. The maximum Gasteiger partial charge on any atom is 0.319 e. The van der Waals surface area contributed by atoms with Gasteiger partial charge in [0.05, 0.1) is 16.9 Å². The van der Waals surface area contributed by atoms with Crippen LogP contribution in [0.3, 0.4) is 0 Å². The van der Waals surface area contributed by atoms with Gasteiger partial charge in [0.2, 0.25) is 0 Å². The fraction of sp³-hybridized carbons (Fsp3) is 0.486. The van der Waals surface area contributed by atoms with Crippen LogP contribution >= 0.6 is 11.9 Å². The second kappa shape index (κ2) is 12.3. The molecule has 4 bridgehead atoms. The van der Waals surface area contributed by atoms with Crippen molar-refractivity contribution in [2.24, 2.45) is 0 Å². The Balaban J connectivity index is 1.27. The van der Waals surface area contributed by atoms with E-state index >= 15 is 8.78 Å². The molecule has 3 aromatic carbocycles. The Hall–Kier alpha value is -3.32. The number of aromatic hydroxyl groups is 1. The first kappa shape index (κ1) is 31.0. The predicted molar refractivity (Wildman–Crippen MR) is 178 cm³/mol. The Labute approximate surface area is 275 Å². The van der Waals surface area contributed by atoms with Crippen LogP contribution in [0.25, 0.3) is 32.8 Å². The molecule has 1 aromatic heterocycles. The van der Waals surface area contributed by atoms with Gasteiger partial charge in [-0.1, -0.05) is 30.1 Å². The topological polar surface area (TPSA) is 83.0 Å². The van der Waals surface area contributed by atoms with Crippen LogP contribution in [0.4, 0.5) is 19.0 Å². The quantitative estimate of drug-likeness (QED) is 0.215. The Morgan fingerprint density at radius 3 is 2.74 bits per heavy atom. The molecule has 0 amide bonds. The van der Waals surface area contributed by atoms with Gasteiger partial charge in [0.15, 0.2) is 5.82 Å². The van der Waals surface area contributed by atoms with Crippen LogP contribution in [0.15, 0.2) is 36.4 Å². The number of aromatic nitrogens is 2. The van der Waals surface area contributed by atoms with Crippen LogP contribution in [-0.2, 0) is 11.2 Å². The molecule has 4 fully saturated rings. The van der Waals surface area contributed by atoms with Crippen molar-refractivity contribution in [2.75, 3.05) is 51.4 Å². The number of nitrogens with one attached hydrogen (secondary N) is 1. The molecule has 5 atom stereocenters. The zero-order chi connectivity index (χ0) is 32.3. The molecule has 5 heterocycles. The molecular formula is C35H38F3N5O3S. The number of fused-ring (bicyclic) bond motifs is 6. The van der Waals surface area contributed by atoms with Gasteiger partial charge < -0.3 is 24.8 Å². The van der Waals surface area contributed by atoms with Crippen LogP contribution in [0.5, 0.6) is 11.8 Å². The molecule has 8 rings (SSSR count). The lowest BCUT2D eigenvalue weighted by Crippen LogP contribution is -2.51. The second-order valence-corrected chi connectivity index (χ2v) is 15.0. The molecule has 0 radical (unpaired) electrons. The first-order valence-electron chi connectivity index (χ1n) is 16.4. The number of methoxy groups -OCH3 is 1. The van der Waals surface area contributed by atoms with Crippen LogP contribution < -0.4 is 15.0 Å². The fourth-order valence-corrected chi connectivity index (χ4v) is 9.65. The average Bonchev–Trinajstić information content (AvgIpc) is 3.39. The van der Waals surface area contributed by atoms with Gasteiger partial charge in [0.1, 0.15) is 35.7 Å². The molecule has 4 aromatic rings. The van der Waals surface area contributed by atoms with Crippen molar-refractivity contribution in [1.82, 2.24) is 19.6 Å². The van der Waals surface area contributed by atoms with E-state index in [0.717, 1.165) is 37.8 Å². The highest BCUT2D eigenvalue weighted by molar-refractivity contribution is 7.98. The van der Waals surface area contributed by atoms with Crippen molar-refractivity contribution >= 4 is 39.4 Å². The third-order valence-electron chi connectivity index (χ3n) is 10.1. The lowest BCUT2D eigenvalue weighted by molar-refractivity contribution is 0.144. The van der Waals surface area contributed by atoms with Crippen LogP contribution in [0, 0.1) is 11.6 Å². The number of phenolic OH excluding ortho intramolecular Hbond substituents is 1. The Kier molecular flexibility index (Phi) is 8.10. The van der Waals surface area contributed by atoms with E-state index in [2.05, 4.69) is 19.5 Å². The fourth-order valence-electron chi connectivity index (χ4n) is 8.04. The molecule has 0 saturated carbocycles. The van der Waals surface area contributed by atoms with Gasteiger partial charge in [0.25, 0.3) is 0 Å². The van der Waals surface area contributed by atoms with Gasteiger partial charge in [-0.2, -0.15) is 9.97 Å². The van der Waals surface area contributed by atoms with E-state index in [-0.39, 0.29) is 52.5 Å².